The summed E-state index contributed by atoms with van der Waals surface area (Å²) in [5.74, 6) is 0.0800. The molecule has 0 saturated carbocycles. The summed E-state index contributed by atoms with van der Waals surface area (Å²) in [5.41, 5.74) is 1.14. The van der Waals surface area contributed by atoms with E-state index >= 15 is 0 Å². The van der Waals surface area contributed by atoms with Crippen LogP contribution >= 0.6 is 0 Å². The van der Waals surface area contributed by atoms with Crippen LogP contribution in [-0.2, 0) is 16.1 Å². The molecule has 2 atom stereocenters. The molecular weight excluding hydrogens is 280 g/mol. The monoisotopic (exact) mass is 302 g/mol. The van der Waals surface area contributed by atoms with Crippen molar-refractivity contribution in [2.75, 3.05) is 20.3 Å². The van der Waals surface area contributed by atoms with Crippen molar-refractivity contribution >= 4 is 16.8 Å². The van der Waals surface area contributed by atoms with Crippen LogP contribution in [0.15, 0.2) is 36.5 Å². The molecule has 5 heteroatoms. The van der Waals surface area contributed by atoms with Crippen molar-refractivity contribution in [1.29, 1.82) is 0 Å². The summed E-state index contributed by atoms with van der Waals surface area (Å²) >= 11 is 0. The maximum atomic E-state index is 12.5. The van der Waals surface area contributed by atoms with Crippen molar-refractivity contribution in [3.05, 3.63) is 36.5 Å². The summed E-state index contributed by atoms with van der Waals surface area (Å²) < 4.78 is 7.42. The normalized spacial score (nSPS) is 21.6. The first-order chi connectivity index (χ1) is 10.7. The number of likely N-dealkylation sites (tertiary alicyclic amines) is 1. The standard InChI is InChI=1S/C17H22N2O3/c1-22-15-10-14(12-20)19(11-15)17(21)7-9-18-8-6-13-4-2-3-5-16(13)18/h2-6,8,14-15,20H,7,9-12H2,1H3/t14-,15-/m0/s1. The lowest BCUT2D eigenvalue weighted by Crippen LogP contribution is -2.38. The van der Waals surface area contributed by atoms with E-state index in [-0.39, 0.29) is 24.7 Å². The highest BCUT2D eigenvalue weighted by atomic mass is 16.5. The molecule has 0 radical (unpaired) electrons. The Morgan fingerprint density at radius 1 is 1.36 bits per heavy atom. The van der Waals surface area contributed by atoms with Gasteiger partial charge in [0, 0.05) is 38.3 Å². The second-order valence-corrected chi connectivity index (χ2v) is 5.79. The van der Waals surface area contributed by atoms with E-state index in [0.717, 1.165) is 5.52 Å². The third-order valence-corrected chi connectivity index (χ3v) is 4.49. The molecule has 1 N–H and O–H groups in total. The first-order valence-corrected chi connectivity index (χ1v) is 7.70. The number of carbonyl (C=O) groups excluding carboxylic acids is 1. The van der Waals surface area contributed by atoms with Gasteiger partial charge in [-0.2, -0.15) is 0 Å². The van der Waals surface area contributed by atoms with E-state index in [0.29, 0.717) is 25.9 Å². The Morgan fingerprint density at radius 2 is 2.18 bits per heavy atom. The summed E-state index contributed by atoms with van der Waals surface area (Å²) in [4.78, 5) is 14.2. The lowest BCUT2D eigenvalue weighted by molar-refractivity contribution is -0.133. The van der Waals surface area contributed by atoms with Gasteiger partial charge in [0.2, 0.25) is 5.91 Å². The fraction of sp³-hybridized carbons (Fsp3) is 0.471. The molecule has 2 heterocycles. The molecule has 118 valence electrons. The lowest BCUT2D eigenvalue weighted by atomic mass is 10.2. The van der Waals surface area contributed by atoms with Gasteiger partial charge in [0.15, 0.2) is 0 Å². The number of aliphatic hydroxyl groups is 1. The molecule has 1 aliphatic rings. The zero-order chi connectivity index (χ0) is 15.5. The summed E-state index contributed by atoms with van der Waals surface area (Å²) in [7, 11) is 1.65. The zero-order valence-electron chi connectivity index (χ0n) is 12.8. The summed E-state index contributed by atoms with van der Waals surface area (Å²) in [6.45, 7) is 1.23. The van der Waals surface area contributed by atoms with E-state index in [2.05, 4.69) is 22.8 Å². The van der Waals surface area contributed by atoms with E-state index in [1.54, 1.807) is 12.0 Å². The van der Waals surface area contributed by atoms with E-state index in [1.165, 1.54) is 5.39 Å². The predicted octanol–water partition coefficient (Wildman–Crippen LogP) is 1.64. The number of benzene rings is 1. The van der Waals surface area contributed by atoms with Gasteiger partial charge in [-0.25, -0.2) is 0 Å². The van der Waals surface area contributed by atoms with Crippen molar-refractivity contribution in [2.24, 2.45) is 0 Å². The molecule has 0 unspecified atom stereocenters. The molecule has 1 saturated heterocycles. The van der Waals surface area contributed by atoms with Crippen molar-refractivity contribution in [2.45, 2.75) is 31.5 Å². The van der Waals surface area contributed by atoms with Gasteiger partial charge in [0.05, 0.1) is 18.8 Å². The van der Waals surface area contributed by atoms with Crippen LogP contribution in [0.4, 0.5) is 0 Å². The fourth-order valence-electron chi connectivity index (χ4n) is 3.22. The van der Waals surface area contributed by atoms with Gasteiger partial charge in [-0.05, 0) is 23.9 Å². The Kier molecular flexibility index (Phi) is 4.45. The van der Waals surface area contributed by atoms with Gasteiger partial charge in [0.1, 0.15) is 0 Å². The smallest absolute Gasteiger partial charge is 0.224 e. The molecule has 1 aromatic heterocycles. The number of aliphatic hydroxyl groups excluding tert-OH is 1. The maximum absolute atomic E-state index is 12.5. The largest absolute Gasteiger partial charge is 0.394 e. The number of carbonyl (C=O) groups is 1. The van der Waals surface area contributed by atoms with Crippen LogP contribution in [0.2, 0.25) is 0 Å². The highest BCUT2D eigenvalue weighted by molar-refractivity contribution is 5.80. The molecule has 1 amide bonds. The quantitative estimate of drug-likeness (QED) is 0.913. The number of para-hydroxylation sites is 1. The predicted molar refractivity (Wildman–Crippen MR) is 84.6 cm³/mol. The number of ether oxygens (including phenoxy) is 1. The molecule has 2 aromatic rings. The van der Waals surface area contributed by atoms with Crippen molar-refractivity contribution < 1.29 is 14.6 Å². The van der Waals surface area contributed by atoms with Crippen LogP contribution in [-0.4, -0.2) is 52.9 Å². The van der Waals surface area contributed by atoms with Crippen molar-refractivity contribution in [1.82, 2.24) is 9.47 Å². The number of amides is 1. The number of aryl methyl sites for hydroxylation is 1. The SMILES string of the molecule is CO[C@H]1C[C@@H](CO)N(C(=O)CCn2ccc3ccccc32)C1. The van der Waals surface area contributed by atoms with Gasteiger partial charge in [-0.1, -0.05) is 18.2 Å². The van der Waals surface area contributed by atoms with Gasteiger partial charge >= 0.3 is 0 Å². The van der Waals surface area contributed by atoms with Crippen molar-refractivity contribution in [3.63, 3.8) is 0 Å². The molecule has 0 aliphatic carbocycles. The minimum absolute atomic E-state index is 0.00193. The second kappa shape index (κ2) is 6.50. The van der Waals surface area contributed by atoms with E-state index in [1.807, 2.05) is 18.3 Å². The molecule has 0 bridgehead atoms. The topological polar surface area (TPSA) is 54.7 Å². The third kappa shape index (κ3) is 2.87. The minimum Gasteiger partial charge on any atom is -0.394 e. The van der Waals surface area contributed by atoms with Gasteiger partial charge < -0.3 is 19.3 Å². The number of fused-ring (bicyclic) bond motifs is 1. The molecule has 0 spiro atoms. The van der Waals surface area contributed by atoms with Gasteiger partial charge in [-0.3, -0.25) is 4.79 Å². The maximum Gasteiger partial charge on any atom is 0.224 e. The molecule has 5 nitrogen and oxygen atoms in total. The highest BCUT2D eigenvalue weighted by Crippen LogP contribution is 2.21. The Labute approximate surface area is 130 Å². The van der Waals surface area contributed by atoms with E-state index in [9.17, 15) is 9.90 Å². The number of hydrogen-bond acceptors (Lipinski definition) is 3. The highest BCUT2D eigenvalue weighted by Gasteiger charge is 2.34. The Morgan fingerprint density at radius 3 is 2.95 bits per heavy atom. The molecular formula is C17H22N2O3. The van der Waals surface area contributed by atoms with Crippen LogP contribution in [0.25, 0.3) is 10.9 Å². The Balaban J connectivity index is 1.65. The number of nitrogens with zero attached hydrogens (tertiary/aromatic N) is 2. The molecule has 1 fully saturated rings. The summed E-state index contributed by atoms with van der Waals surface area (Å²) in [6.07, 6.45) is 3.20. The molecule has 1 aromatic carbocycles. The number of aromatic nitrogens is 1. The average Bonchev–Trinajstić information content (AvgIpc) is 3.16. The Hall–Kier alpha value is -1.85. The first kappa shape index (κ1) is 15.1. The van der Waals surface area contributed by atoms with Crippen molar-refractivity contribution in [3.8, 4) is 0 Å². The number of rotatable bonds is 5. The zero-order valence-corrected chi connectivity index (χ0v) is 12.8. The van der Waals surface area contributed by atoms with Crippen LogP contribution in [0.1, 0.15) is 12.8 Å². The number of methoxy groups -OCH3 is 1. The summed E-state index contributed by atoms with van der Waals surface area (Å²) in [5, 5.41) is 10.6. The molecule has 22 heavy (non-hydrogen) atoms. The van der Waals surface area contributed by atoms with Crippen LogP contribution in [0.5, 0.6) is 0 Å². The summed E-state index contributed by atoms with van der Waals surface area (Å²) in [6, 6.07) is 10.1. The van der Waals surface area contributed by atoms with Crippen LogP contribution < -0.4 is 0 Å². The second-order valence-electron chi connectivity index (χ2n) is 5.79. The van der Waals surface area contributed by atoms with E-state index in [4.69, 9.17) is 4.74 Å². The van der Waals surface area contributed by atoms with Crippen LogP contribution in [0.3, 0.4) is 0 Å². The van der Waals surface area contributed by atoms with Gasteiger partial charge in [-0.15, -0.1) is 0 Å². The third-order valence-electron chi connectivity index (χ3n) is 4.49. The minimum atomic E-state index is -0.112. The average molecular weight is 302 g/mol. The van der Waals surface area contributed by atoms with Gasteiger partial charge in [0.25, 0.3) is 0 Å². The fourth-order valence-corrected chi connectivity index (χ4v) is 3.22. The molecule has 3 rings (SSSR count). The Bertz CT molecular complexity index is 652. The number of hydrogen-bond donors (Lipinski definition) is 1. The lowest BCUT2D eigenvalue weighted by Gasteiger charge is -2.23. The van der Waals surface area contributed by atoms with Crippen LogP contribution in [0, 0.1) is 0 Å². The first-order valence-electron chi connectivity index (χ1n) is 7.70. The van der Waals surface area contributed by atoms with E-state index < -0.39 is 0 Å². The molecule has 1 aliphatic heterocycles.